The molecule has 1 fully saturated rings. The molecule has 3 unspecified atom stereocenters. The molecule has 0 aliphatic carbocycles. The van der Waals surface area contributed by atoms with Crippen LogP contribution in [0.3, 0.4) is 0 Å². The summed E-state index contributed by atoms with van der Waals surface area (Å²) in [5, 5.41) is 3.24. The number of hydrogen-bond acceptors (Lipinski definition) is 5. The van der Waals surface area contributed by atoms with Gasteiger partial charge in [0.1, 0.15) is 16.0 Å². The number of amides is 1. The van der Waals surface area contributed by atoms with Gasteiger partial charge in [0.25, 0.3) is 0 Å². The number of sulfone groups is 1. The minimum absolute atomic E-state index is 0.0198. The monoisotopic (exact) mass is 316 g/mol. The third-order valence-corrected chi connectivity index (χ3v) is 5.50. The Kier molecular flexibility index (Phi) is 4.22. The van der Waals surface area contributed by atoms with Gasteiger partial charge >= 0.3 is 0 Å². The Morgan fingerprint density at radius 2 is 2.10 bits per heavy atom. The predicted octanol–water partition coefficient (Wildman–Crippen LogP) is 1.31. The molecule has 1 N–H and O–H groups in total. The minimum atomic E-state index is -3.12. The van der Waals surface area contributed by atoms with E-state index in [0.29, 0.717) is 0 Å². The van der Waals surface area contributed by atoms with Gasteiger partial charge in [-0.15, -0.1) is 11.3 Å². The average molecular weight is 316 g/mol. The highest BCUT2D eigenvalue weighted by Crippen LogP contribution is 2.32. The maximum absolute atomic E-state index is 12.3. The molecule has 0 aromatic carbocycles. The molecule has 5 nitrogen and oxygen atoms in total. The standard InChI is InChI=1S/C13H20N2O3S2/c1-8(7-20(4,17)18)15-12(14-10(3)13(15)16)11-6-5-9(2)19-11/h5-6,8,10,12,14H,7H2,1-4H3. The Morgan fingerprint density at radius 1 is 1.45 bits per heavy atom. The van der Waals surface area contributed by atoms with E-state index in [9.17, 15) is 13.2 Å². The summed E-state index contributed by atoms with van der Waals surface area (Å²) in [7, 11) is -3.12. The smallest absolute Gasteiger partial charge is 0.241 e. The van der Waals surface area contributed by atoms with Gasteiger partial charge in [0.05, 0.1) is 11.8 Å². The molecular formula is C13H20N2O3S2. The first-order valence-corrected chi connectivity index (χ1v) is 9.39. The van der Waals surface area contributed by atoms with Gasteiger partial charge < -0.3 is 4.90 Å². The Morgan fingerprint density at radius 3 is 2.60 bits per heavy atom. The van der Waals surface area contributed by atoms with Crippen molar-refractivity contribution in [1.82, 2.24) is 10.2 Å². The Balaban J connectivity index is 2.29. The lowest BCUT2D eigenvalue weighted by atomic mass is 10.2. The van der Waals surface area contributed by atoms with E-state index in [1.165, 1.54) is 11.1 Å². The Bertz CT molecular complexity index is 609. The predicted molar refractivity (Wildman–Crippen MR) is 80.4 cm³/mol. The van der Waals surface area contributed by atoms with Gasteiger partial charge in [0.2, 0.25) is 5.91 Å². The van der Waals surface area contributed by atoms with E-state index in [4.69, 9.17) is 0 Å². The normalized spacial score (nSPS) is 25.2. The van der Waals surface area contributed by atoms with Crippen molar-refractivity contribution in [3.05, 3.63) is 21.9 Å². The number of carbonyl (C=O) groups is 1. The van der Waals surface area contributed by atoms with Crippen LogP contribution in [0.1, 0.15) is 29.8 Å². The Labute approximate surface area is 123 Å². The second-order valence-corrected chi connectivity index (χ2v) is 8.93. The SMILES string of the molecule is Cc1ccc(C2NC(C)C(=O)N2C(C)CS(C)(=O)=O)s1. The van der Waals surface area contributed by atoms with Crippen LogP contribution in [0.2, 0.25) is 0 Å². The highest BCUT2D eigenvalue weighted by Gasteiger charge is 2.41. The summed E-state index contributed by atoms with van der Waals surface area (Å²) in [6.45, 7) is 5.60. The van der Waals surface area contributed by atoms with Crippen LogP contribution in [0, 0.1) is 6.92 Å². The highest BCUT2D eigenvalue weighted by atomic mass is 32.2. The molecule has 7 heteroatoms. The van der Waals surface area contributed by atoms with E-state index < -0.39 is 9.84 Å². The van der Waals surface area contributed by atoms with Crippen molar-refractivity contribution in [3.63, 3.8) is 0 Å². The first kappa shape index (κ1) is 15.5. The number of thiophene rings is 1. The molecule has 2 heterocycles. The molecule has 1 aromatic heterocycles. The molecule has 1 amide bonds. The molecule has 1 saturated heterocycles. The third-order valence-electron chi connectivity index (χ3n) is 3.36. The molecule has 0 bridgehead atoms. The molecular weight excluding hydrogens is 296 g/mol. The van der Waals surface area contributed by atoms with Crippen molar-refractivity contribution in [2.45, 2.75) is 39.0 Å². The van der Waals surface area contributed by atoms with Gasteiger partial charge in [-0.2, -0.15) is 0 Å². The van der Waals surface area contributed by atoms with E-state index in [1.54, 1.807) is 23.2 Å². The topological polar surface area (TPSA) is 66.5 Å². The maximum atomic E-state index is 12.3. The maximum Gasteiger partial charge on any atom is 0.241 e. The number of hydrogen-bond donors (Lipinski definition) is 1. The zero-order valence-electron chi connectivity index (χ0n) is 12.1. The van der Waals surface area contributed by atoms with Crippen molar-refractivity contribution in [1.29, 1.82) is 0 Å². The van der Waals surface area contributed by atoms with Gasteiger partial charge in [-0.25, -0.2) is 8.42 Å². The summed E-state index contributed by atoms with van der Waals surface area (Å²) in [5.41, 5.74) is 0. The lowest BCUT2D eigenvalue weighted by molar-refractivity contribution is -0.131. The molecule has 20 heavy (non-hydrogen) atoms. The summed E-state index contributed by atoms with van der Waals surface area (Å²) < 4.78 is 23.0. The largest absolute Gasteiger partial charge is 0.317 e. The zero-order chi connectivity index (χ0) is 15.1. The van der Waals surface area contributed by atoms with Crippen molar-refractivity contribution in [2.75, 3.05) is 12.0 Å². The van der Waals surface area contributed by atoms with E-state index in [1.807, 2.05) is 26.0 Å². The number of carbonyl (C=O) groups excluding carboxylic acids is 1. The fourth-order valence-electron chi connectivity index (χ4n) is 2.55. The van der Waals surface area contributed by atoms with E-state index in [2.05, 4.69) is 5.32 Å². The molecule has 112 valence electrons. The summed E-state index contributed by atoms with van der Waals surface area (Å²) in [4.78, 5) is 16.2. The number of aryl methyl sites for hydroxylation is 1. The molecule has 0 radical (unpaired) electrons. The molecule has 1 aliphatic rings. The Hall–Kier alpha value is -0.920. The van der Waals surface area contributed by atoms with Gasteiger partial charge in [0.15, 0.2) is 0 Å². The summed E-state index contributed by atoms with van der Waals surface area (Å²) in [6.07, 6.45) is 0.971. The van der Waals surface area contributed by atoms with Crippen LogP contribution in [0.25, 0.3) is 0 Å². The summed E-state index contributed by atoms with van der Waals surface area (Å²) >= 11 is 1.62. The van der Waals surface area contributed by atoms with Crippen LogP contribution in [0.15, 0.2) is 12.1 Å². The number of rotatable bonds is 4. The second kappa shape index (κ2) is 5.46. The van der Waals surface area contributed by atoms with Crippen LogP contribution >= 0.6 is 11.3 Å². The van der Waals surface area contributed by atoms with Crippen LogP contribution in [0.4, 0.5) is 0 Å². The lowest BCUT2D eigenvalue weighted by Crippen LogP contribution is -2.41. The second-order valence-electron chi connectivity index (χ2n) is 5.43. The number of nitrogens with zero attached hydrogens (tertiary/aromatic N) is 1. The summed E-state index contributed by atoms with van der Waals surface area (Å²) in [6, 6.07) is 3.37. The van der Waals surface area contributed by atoms with Crippen LogP contribution in [-0.2, 0) is 14.6 Å². The minimum Gasteiger partial charge on any atom is -0.317 e. The van der Waals surface area contributed by atoms with E-state index >= 15 is 0 Å². The molecule has 0 spiro atoms. The van der Waals surface area contributed by atoms with Crippen molar-refractivity contribution in [2.24, 2.45) is 0 Å². The molecule has 3 atom stereocenters. The lowest BCUT2D eigenvalue weighted by Gasteiger charge is -2.29. The van der Waals surface area contributed by atoms with Crippen LogP contribution in [-0.4, -0.2) is 43.3 Å². The van der Waals surface area contributed by atoms with Gasteiger partial charge in [-0.05, 0) is 32.9 Å². The average Bonchev–Trinajstić information content (AvgIpc) is 2.82. The van der Waals surface area contributed by atoms with Gasteiger partial charge in [-0.1, -0.05) is 0 Å². The fraction of sp³-hybridized carbons (Fsp3) is 0.615. The molecule has 2 rings (SSSR count). The van der Waals surface area contributed by atoms with E-state index in [-0.39, 0.29) is 29.9 Å². The first-order valence-electron chi connectivity index (χ1n) is 6.51. The van der Waals surface area contributed by atoms with Crippen molar-refractivity contribution in [3.8, 4) is 0 Å². The van der Waals surface area contributed by atoms with Gasteiger partial charge in [0, 0.05) is 22.1 Å². The van der Waals surface area contributed by atoms with Gasteiger partial charge in [-0.3, -0.25) is 10.1 Å². The first-order chi connectivity index (χ1) is 9.19. The molecule has 0 saturated carbocycles. The zero-order valence-corrected chi connectivity index (χ0v) is 13.7. The third kappa shape index (κ3) is 3.21. The van der Waals surface area contributed by atoms with E-state index in [0.717, 1.165) is 4.88 Å². The quantitative estimate of drug-likeness (QED) is 0.909. The van der Waals surface area contributed by atoms with Crippen molar-refractivity contribution < 1.29 is 13.2 Å². The molecule has 1 aliphatic heterocycles. The number of nitrogens with one attached hydrogen (secondary N) is 1. The van der Waals surface area contributed by atoms with Crippen molar-refractivity contribution >= 4 is 27.1 Å². The van der Waals surface area contributed by atoms with Crippen LogP contribution < -0.4 is 5.32 Å². The fourth-order valence-corrected chi connectivity index (χ4v) is 4.52. The highest BCUT2D eigenvalue weighted by molar-refractivity contribution is 7.90. The summed E-state index contributed by atoms with van der Waals surface area (Å²) in [5.74, 6) is -0.0641. The van der Waals surface area contributed by atoms with Crippen LogP contribution in [0.5, 0.6) is 0 Å². The molecule has 1 aromatic rings.